The normalized spacial score (nSPS) is 20.0. The van der Waals surface area contributed by atoms with Crippen LogP contribution in [0.15, 0.2) is 30.3 Å². The zero-order chi connectivity index (χ0) is 18.7. The van der Waals surface area contributed by atoms with Crippen LogP contribution in [0.3, 0.4) is 0 Å². The molecule has 7 nitrogen and oxygen atoms in total. The zero-order valence-electron chi connectivity index (χ0n) is 15.4. The van der Waals surface area contributed by atoms with Gasteiger partial charge >= 0.3 is 5.97 Å². The highest BCUT2D eigenvalue weighted by atomic mass is 16.5. The van der Waals surface area contributed by atoms with E-state index in [1.165, 1.54) is 4.80 Å². The van der Waals surface area contributed by atoms with E-state index in [0.717, 1.165) is 24.9 Å². The SMILES string of the molecule is Cc1nn(-c2ccccc2)nc1C(=O)OCC(=O)N1[C@@H](C)CCC[C@@H]1C. The van der Waals surface area contributed by atoms with Crippen molar-refractivity contribution in [3.63, 3.8) is 0 Å². The average Bonchev–Trinajstić information content (AvgIpc) is 3.02. The molecule has 0 saturated carbocycles. The molecule has 1 saturated heterocycles. The minimum Gasteiger partial charge on any atom is -0.451 e. The second kappa shape index (κ2) is 7.68. The smallest absolute Gasteiger partial charge is 0.361 e. The topological polar surface area (TPSA) is 77.3 Å². The number of amides is 1. The van der Waals surface area contributed by atoms with Crippen molar-refractivity contribution in [1.29, 1.82) is 0 Å². The van der Waals surface area contributed by atoms with Crippen LogP contribution in [0.2, 0.25) is 0 Å². The molecule has 0 aliphatic carbocycles. The maximum atomic E-state index is 12.5. The van der Waals surface area contributed by atoms with Crippen LogP contribution in [0.25, 0.3) is 5.69 Å². The van der Waals surface area contributed by atoms with Crippen LogP contribution in [0.1, 0.15) is 49.3 Å². The van der Waals surface area contributed by atoms with Crippen LogP contribution in [0, 0.1) is 6.92 Å². The van der Waals surface area contributed by atoms with E-state index in [1.54, 1.807) is 6.92 Å². The van der Waals surface area contributed by atoms with Crippen molar-refractivity contribution >= 4 is 11.9 Å². The third-order valence-corrected chi connectivity index (χ3v) is 4.77. The number of carbonyl (C=O) groups is 2. The predicted molar refractivity (Wildman–Crippen MR) is 96.0 cm³/mol. The second-order valence-corrected chi connectivity index (χ2v) is 6.77. The van der Waals surface area contributed by atoms with E-state index in [2.05, 4.69) is 10.2 Å². The Labute approximate surface area is 152 Å². The summed E-state index contributed by atoms with van der Waals surface area (Å²) >= 11 is 0. The third-order valence-electron chi connectivity index (χ3n) is 4.77. The molecular formula is C19H24N4O3. The lowest BCUT2D eigenvalue weighted by Gasteiger charge is -2.38. The number of rotatable bonds is 4. The highest BCUT2D eigenvalue weighted by Gasteiger charge is 2.30. The summed E-state index contributed by atoms with van der Waals surface area (Å²) in [5.74, 6) is -0.790. The number of hydrogen-bond acceptors (Lipinski definition) is 5. The van der Waals surface area contributed by atoms with Gasteiger partial charge in [0.2, 0.25) is 0 Å². The first-order chi connectivity index (χ1) is 12.5. The maximum absolute atomic E-state index is 12.5. The standard InChI is InChI=1S/C19H24N4O3/c1-13-8-7-9-14(2)22(13)17(24)12-26-19(25)18-15(3)20-23(21-18)16-10-5-4-6-11-16/h4-6,10-11,13-14H,7-9,12H2,1-3H3/t13-,14-/m0/s1. The van der Waals surface area contributed by atoms with Gasteiger partial charge in [-0.15, -0.1) is 5.10 Å². The number of hydrogen-bond donors (Lipinski definition) is 0. The highest BCUT2D eigenvalue weighted by Crippen LogP contribution is 2.22. The monoisotopic (exact) mass is 356 g/mol. The van der Waals surface area contributed by atoms with Crippen molar-refractivity contribution < 1.29 is 14.3 Å². The van der Waals surface area contributed by atoms with Gasteiger partial charge in [-0.05, 0) is 52.2 Å². The van der Waals surface area contributed by atoms with Gasteiger partial charge < -0.3 is 9.64 Å². The second-order valence-electron chi connectivity index (χ2n) is 6.77. The third kappa shape index (κ3) is 3.76. The average molecular weight is 356 g/mol. The van der Waals surface area contributed by atoms with E-state index in [-0.39, 0.29) is 30.3 Å². The first kappa shape index (κ1) is 18.1. The zero-order valence-corrected chi connectivity index (χ0v) is 15.4. The van der Waals surface area contributed by atoms with E-state index >= 15 is 0 Å². The van der Waals surface area contributed by atoms with Gasteiger partial charge in [0.25, 0.3) is 5.91 Å². The Bertz CT molecular complexity index is 777. The van der Waals surface area contributed by atoms with Gasteiger partial charge in [-0.1, -0.05) is 18.2 Å². The molecule has 2 aromatic rings. The van der Waals surface area contributed by atoms with Crippen LogP contribution < -0.4 is 0 Å². The first-order valence-electron chi connectivity index (χ1n) is 8.95. The molecule has 2 heterocycles. The molecular weight excluding hydrogens is 332 g/mol. The molecule has 0 N–H and O–H groups in total. The number of para-hydroxylation sites is 1. The summed E-state index contributed by atoms with van der Waals surface area (Å²) in [6.07, 6.45) is 3.08. The lowest BCUT2D eigenvalue weighted by molar-refractivity contribution is -0.140. The van der Waals surface area contributed by atoms with Crippen LogP contribution in [-0.2, 0) is 9.53 Å². The largest absolute Gasteiger partial charge is 0.451 e. The summed E-state index contributed by atoms with van der Waals surface area (Å²) in [6, 6.07) is 9.66. The summed E-state index contributed by atoms with van der Waals surface area (Å²) in [6.45, 7) is 5.49. The number of esters is 1. The summed E-state index contributed by atoms with van der Waals surface area (Å²) in [5.41, 5.74) is 1.34. The van der Waals surface area contributed by atoms with Crippen molar-refractivity contribution in [2.24, 2.45) is 0 Å². The molecule has 1 aliphatic heterocycles. The van der Waals surface area contributed by atoms with Crippen LogP contribution in [0.4, 0.5) is 0 Å². The molecule has 1 amide bonds. The van der Waals surface area contributed by atoms with Crippen molar-refractivity contribution in [1.82, 2.24) is 19.9 Å². The molecule has 138 valence electrons. The Morgan fingerprint density at radius 3 is 2.42 bits per heavy atom. The molecule has 1 aliphatic rings. The van der Waals surface area contributed by atoms with Gasteiger partial charge in [-0.3, -0.25) is 4.79 Å². The highest BCUT2D eigenvalue weighted by molar-refractivity contribution is 5.90. The Balaban J connectivity index is 1.65. The maximum Gasteiger partial charge on any atom is 0.361 e. The van der Waals surface area contributed by atoms with E-state index in [4.69, 9.17) is 4.74 Å². The van der Waals surface area contributed by atoms with E-state index in [9.17, 15) is 9.59 Å². The molecule has 1 fully saturated rings. The van der Waals surface area contributed by atoms with E-state index < -0.39 is 5.97 Å². The molecule has 1 aromatic heterocycles. The fraction of sp³-hybridized carbons (Fsp3) is 0.474. The number of likely N-dealkylation sites (tertiary alicyclic amines) is 1. The molecule has 0 bridgehead atoms. The number of carbonyl (C=O) groups excluding carboxylic acids is 2. The van der Waals surface area contributed by atoms with Gasteiger partial charge in [0, 0.05) is 12.1 Å². The Hall–Kier alpha value is -2.70. The fourth-order valence-electron chi connectivity index (χ4n) is 3.43. The van der Waals surface area contributed by atoms with Gasteiger partial charge in [-0.2, -0.15) is 9.90 Å². The van der Waals surface area contributed by atoms with Gasteiger partial charge in [0.05, 0.1) is 11.4 Å². The van der Waals surface area contributed by atoms with Crippen molar-refractivity contribution in [2.75, 3.05) is 6.61 Å². The number of aryl methyl sites for hydroxylation is 1. The molecule has 7 heteroatoms. The number of piperidine rings is 1. The number of aromatic nitrogens is 3. The van der Waals surface area contributed by atoms with Gasteiger partial charge in [0.15, 0.2) is 12.3 Å². The summed E-state index contributed by atoms with van der Waals surface area (Å²) in [5, 5.41) is 8.46. The number of benzene rings is 1. The Morgan fingerprint density at radius 2 is 1.77 bits per heavy atom. The summed E-state index contributed by atoms with van der Waals surface area (Å²) < 4.78 is 5.22. The Kier molecular flexibility index (Phi) is 5.35. The van der Waals surface area contributed by atoms with Crippen LogP contribution in [0.5, 0.6) is 0 Å². The molecule has 0 spiro atoms. The molecule has 1 aromatic carbocycles. The molecule has 0 unspecified atom stereocenters. The van der Waals surface area contributed by atoms with E-state index in [1.807, 2.05) is 49.1 Å². The van der Waals surface area contributed by atoms with Crippen LogP contribution in [-0.4, -0.2) is 50.5 Å². The minimum atomic E-state index is -0.629. The molecule has 2 atom stereocenters. The van der Waals surface area contributed by atoms with Crippen LogP contribution >= 0.6 is 0 Å². The molecule has 26 heavy (non-hydrogen) atoms. The molecule has 3 rings (SSSR count). The quantitative estimate of drug-likeness (QED) is 0.787. The lowest BCUT2D eigenvalue weighted by atomic mass is 9.97. The minimum absolute atomic E-state index is 0.126. The summed E-state index contributed by atoms with van der Waals surface area (Å²) in [4.78, 5) is 28.0. The van der Waals surface area contributed by atoms with Gasteiger partial charge in [-0.25, -0.2) is 4.79 Å². The molecule has 0 radical (unpaired) electrons. The number of ether oxygens (including phenoxy) is 1. The van der Waals surface area contributed by atoms with Gasteiger partial charge in [0.1, 0.15) is 0 Å². The Morgan fingerprint density at radius 1 is 1.12 bits per heavy atom. The van der Waals surface area contributed by atoms with E-state index in [0.29, 0.717) is 5.69 Å². The first-order valence-corrected chi connectivity index (χ1v) is 8.95. The lowest BCUT2D eigenvalue weighted by Crippen LogP contribution is -2.49. The number of nitrogens with zero attached hydrogens (tertiary/aromatic N) is 4. The fourth-order valence-corrected chi connectivity index (χ4v) is 3.43. The summed E-state index contributed by atoms with van der Waals surface area (Å²) in [7, 11) is 0. The van der Waals surface area contributed by atoms with Crippen molar-refractivity contribution in [3.8, 4) is 5.69 Å². The van der Waals surface area contributed by atoms with Crippen molar-refractivity contribution in [3.05, 3.63) is 41.7 Å². The van der Waals surface area contributed by atoms with Crippen molar-refractivity contribution in [2.45, 2.75) is 52.1 Å². The predicted octanol–water partition coefficient (Wildman–Crippen LogP) is 2.52.